The summed E-state index contributed by atoms with van der Waals surface area (Å²) >= 11 is 0. The fourth-order valence-corrected chi connectivity index (χ4v) is 3.04. The van der Waals surface area contributed by atoms with E-state index < -0.39 is 0 Å². The van der Waals surface area contributed by atoms with Gasteiger partial charge < -0.3 is 14.9 Å². The monoisotopic (exact) mass is 344 g/mol. The topological polar surface area (TPSA) is 49.7 Å². The number of hydrogen-bond donors (Lipinski definition) is 2. The number of hydrogen-bond acceptors (Lipinski definition) is 3. The van der Waals surface area contributed by atoms with Crippen molar-refractivity contribution in [3.05, 3.63) is 0 Å². The van der Waals surface area contributed by atoms with Gasteiger partial charge in [0.2, 0.25) is 0 Å². The number of aliphatic hydroxyl groups excluding tert-OH is 2. The third-order valence-electron chi connectivity index (χ3n) is 4.56. The van der Waals surface area contributed by atoms with Crippen LogP contribution in [0.2, 0.25) is 0 Å². The molecular weight excluding hydrogens is 300 g/mol. The van der Waals surface area contributed by atoms with Crippen molar-refractivity contribution < 1.29 is 14.9 Å². The summed E-state index contributed by atoms with van der Waals surface area (Å²) < 4.78 is 5.36. The van der Waals surface area contributed by atoms with E-state index in [1.165, 1.54) is 89.9 Å². The van der Waals surface area contributed by atoms with E-state index in [2.05, 4.69) is 0 Å². The molecule has 0 aromatic carbocycles. The van der Waals surface area contributed by atoms with Gasteiger partial charge in [-0.1, -0.05) is 89.9 Å². The molecule has 0 aromatic rings. The van der Waals surface area contributed by atoms with E-state index in [1.807, 2.05) is 0 Å². The van der Waals surface area contributed by atoms with Crippen LogP contribution in [-0.4, -0.2) is 36.1 Å². The minimum atomic E-state index is -0.332. The van der Waals surface area contributed by atoms with Crippen molar-refractivity contribution in [3.8, 4) is 0 Å². The van der Waals surface area contributed by atoms with Gasteiger partial charge in [0.25, 0.3) is 0 Å². The van der Waals surface area contributed by atoms with E-state index in [0.717, 1.165) is 19.4 Å². The van der Waals surface area contributed by atoms with E-state index in [0.29, 0.717) is 13.2 Å². The molecule has 0 amide bonds. The molecule has 2 N–H and O–H groups in total. The van der Waals surface area contributed by atoms with Gasteiger partial charge in [0.15, 0.2) is 0 Å². The van der Waals surface area contributed by atoms with Crippen molar-refractivity contribution in [2.45, 2.75) is 116 Å². The molecule has 0 radical (unpaired) electrons. The average molecular weight is 345 g/mol. The molecule has 0 fully saturated rings. The Hall–Kier alpha value is -0.120. The van der Waals surface area contributed by atoms with Crippen LogP contribution in [0.4, 0.5) is 0 Å². The van der Waals surface area contributed by atoms with Gasteiger partial charge in [0.1, 0.15) is 0 Å². The Morgan fingerprint density at radius 2 is 0.917 bits per heavy atom. The zero-order valence-corrected chi connectivity index (χ0v) is 16.3. The summed E-state index contributed by atoms with van der Waals surface area (Å²) in [6, 6.07) is 0. The second kappa shape index (κ2) is 20.9. The molecule has 3 heteroatoms. The van der Waals surface area contributed by atoms with Crippen LogP contribution < -0.4 is 0 Å². The predicted octanol–water partition coefficient (Wildman–Crippen LogP) is 5.62. The summed E-state index contributed by atoms with van der Waals surface area (Å²) in [5.41, 5.74) is 0. The second-order valence-electron chi connectivity index (χ2n) is 7.30. The molecule has 146 valence electrons. The van der Waals surface area contributed by atoms with Crippen molar-refractivity contribution >= 4 is 0 Å². The molecule has 0 rings (SSSR count). The summed E-state index contributed by atoms with van der Waals surface area (Å²) in [4.78, 5) is 0. The second-order valence-corrected chi connectivity index (χ2v) is 7.30. The Bertz CT molecular complexity index is 219. The van der Waals surface area contributed by atoms with Crippen molar-refractivity contribution in [1.29, 1.82) is 0 Å². The maximum absolute atomic E-state index is 9.06. The molecule has 1 unspecified atom stereocenters. The van der Waals surface area contributed by atoms with Crippen LogP contribution in [0.3, 0.4) is 0 Å². The smallest absolute Gasteiger partial charge is 0.0745 e. The summed E-state index contributed by atoms with van der Waals surface area (Å²) in [5, 5.41) is 17.8. The lowest BCUT2D eigenvalue weighted by molar-refractivity contribution is 0.0445. The fourth-order valence-electron chi connectivity index (χ4n) is 3.04. The van der Waals surface area contributed by atoms with Crippen molar-refractivity contribution in [1.82, 2.24) is 0 Å². The molecule has 24 heavy (non-hydrogen) atoms. The van der Waals surface area contributed by atoms with Crippen LogP contribution in [0.5, 0.6) is 0 Å². The molecule has 0 aliphatic carbocycles. The lowest BCUT2D eigenvalue weighted by atomic mass is 10.0. The van der Waals surface area contributed by atoms with E-state index >= 15 is 0 Å². The maximum atomic E-state index is 9.06. The van der Waals surface area contributed by atoms with Crippen molar-refractivity contribution in [2.24, 2.45) is 0 Å². The van der Waals surface area contributed by atoms with Crippen LogP contribution >= 0.6 is 0 Å². The number of rotatable bonds is 20. The Kier molecular flexibility index (Phi) is 20.8. The van der Waals surface area contributed by atoms with Gasteiger partial charge >= 0.3 is 0 Å². The summed E-state index contributed by atoms with van der Waals surface area (Å²) in [5.74, 6) is 0. The maximum Gasteiger partial charge on any atom is 0.0745 e. The zero-order valence-electron chi connectivity index (χ0n) is 16.3. The molecule has 0 saturated heterocycles. The summed E-state index contributed by atoms with van der Waals surface area (Å²) in [7, 11) is 0. The fraction of sp³-hybridized carbons (Fsp3) is 1.00. The molecule has 0 saturated carbocycles. The molecule has 0 aromatic heterocycles. The van der Waals surface area contributed by atoms with Crippen LogP contribution in [0.1, 0.15) is 110 Å². The molecule has 0 bridgehead atoms. The first-order valence-electron chi connectivity index (χ1n) is 10.6. The van der Waals surface area contributed by atoms with Gasteiger partial charge in [-0.15, -0.1) is 0 Å². The summed E-state index contributed by atoms with van der Waals surface area (Å²) in [6.45, 7) is 3.40. The molecule has 1 atom stereocenters. The van der Waals surface area contributed by atoms with Crippen LogP contribution in [-0.2, 0) is 4.74 Å². The van der Waals surface area contributed by atoms with Gasteiger partial charge in [-0.25, -0.2) is 0 Å². The SMILES string of the molecule is CC(O)COCCCCCCCCCCCCCCCCCCO. The van der Waals surface area contributed by atoms with E-state index in [4.69, 9.17) is 14.9 Å². The normalized spacial score (nSPS) is 12.6. The Labute approximate surface area is 151 Å². The zero-order chi connectivity index (χ0) is 17.7. The standard InChI is InChI=1S/C21H44O3/c1-21(23)20-24-19-17-15-13-11-9-7-5-3-2-4-6-8-10-12-14-16-18-22/h21-23H,2-20H2,1H3. The minimum Gasteiger partial charge on any atom is -0.396 e. The van der Waals surface area contributed by atoms with Crippen LogP contribution in [0.25, 0.3) is 0 Å². The molecule has 0 aliphatic rings. The molecule has 0 aliphatic heterocycles. The van der Waals surface area contributed by atoms with Crippen LogP contribution in [0, 0.1) is 0 Å². The first-order chi connectivity index (χ1) is 11.8. The molecular formula is C21H44O3. The largest absolute Gasteiger partial charge is 0.396 e. The number of aliphatic hydroxyl groups is 2. The van der Waals surface area contributed by atoms with E-state index in [-0.39, 0.29) is 6.10 Å². The van der Waals surface area contributed by atoms with Gasteiger partial charge in [0, 0.05) is 13.2 Å². The average Bonchev–Trinajstić information content (AvgIpc) is 2.56. The molecule has 0 spiro atoms. The van der Waals surface area contributed by atoms with Gasteiger partial charge in [0.05, 0.1) is 12.7 Å². The van der Waals surface area contributed by atoms with Crippen molar-refractivity contribution in [3.63, 3.8) is 0 Å². The Morgan fingerprint density at radius 3 is 1.25 bits per heavy atom. The third-order valence-corrected chi connectivity index (χ3v) is 4.56. The van der Waals surface area contributed by atoms with Gasteiger partial charge in [-0.2, -0.15) is 0 Å². The Morgan fingerprint density at radius 1 is 0.583 bits per heavy atom. The highest BCUT2D eigenvalue weighted by molar-refractivity contribution is 4.50. The lowest BCUT2D eigenvalue weighted by Crippen LogP contribution is -2.10. The quantitative estimate of drug-likeness (QED) is 0.282. The highest BCUT2D eigenvalue weighted by Gasteiger charge is 1.96. The first kappa shape index (κ1) is 23.9. The van der Waals surface area contributed by atoms with Crippen LogP contribution in [0.15, 0.2) is 0 Å². The minimum absolute atomic E-state index is 0.332. The number of unbranched alkanes of at least 4 members (excludes halogenated alkanes) is 15. The first-order valence-corrected chi connectivity index (χ1v) is 10.6. The van der Waals surface area contributed by atoms with Gasteiger partial charge in [-0.3, -0.25) is 0 Å². The third kappa shape index (κ3) is 21.9. The molecule has 0 heterocycles. The summed E-state index contributed by atoms with van der Waals surface area (Å²) in [6.07, 6.45) is 20.8. The van der Waals surface area contributed by atoms with Crippen molar-refractivity contribution in [2.75, 3.05) is 19.8 Å². The Balaban J connectivity index is 2.95. The highest BCUT2D eigenvalue weighted by atomic mass is 16.5. The number of ether oxygens (including phenoxy) is 1. The van der Waals surface area contributed by atoms with Gasteiger partial charge in [-0.05, 0) is 19.8 Å². The lowest BCUT2D eigenvalue weighted by Gasteiger charge is -2.06. The highest BCUT2D eigenvalue weighted by Crippen LogP contribution is 2.13. The van der Waals surface area contributed by atoms with E-state index in [9.17, 15) is 0 Å². The van der Waals surface area contributed by atoms with E-state index in [1.54, 1.807) is 6.92 Å². The predicted molar refractivity (Wildman–Crippen MR) is 103 cm³/mol. The molecule has 3 nitrogen and oxygen atoms in total.